The number of hydrogen-bond acceptors (Lipinski definition) is 4. The van der Waals surface area contributed by atoms with Gasteiger partial charge < -0.3 is 19.8 Å². The summed E-state index contributed by atoms with van der Waals surface area (Å²) in [5.74, 6) is -2.34. The summed E-state index contributed by atoms with van der Waals surface area (Å²) in [5.41, 5.74) is 1.72. The van der Waals surface area contributed by atoms with Gasteiger partial charge in [-0.1, -0.05) is 72.8 Å². The number of carboxylic acids is 2. The van der Waals surface area contributed by atoms with Crippen molar-refractivity contribution in [2.45, 2.75) is 0 Å². The molecule has 0 fully saturated rings. The minimum absolute atomic E-state index is 0. The van der Waals surface area contributed by atoms with Crippen molar-refractivity contribution in [2.75, 3.05) is 0 Å². The van der Waals surface area contributed by atoms with Crippen LogP contribution in [0.3, 0.4) is 0 Å². The second kappa shape index (κ2) is 12.6. The first kappa shape index (κ1) is 21.1. The monoisotopic (exact) mass is 334 g/mol. The summed E-state index contributed by atoms with van der Waals surface area (Å²) in [4.78, 5) is 19.9. The van der Waals surface area contributed by atoms with E-state index in [2.05, 4.69) is 0 Å². The molecule has 0 saturated carbocycles. The fourth-order valence-corrected chi connectivity index (χ4v) is 1.46. The first-order valence-electron chi connectivity index (χ1n) is 6.46. The van der Waals surface area contributed by atoms with E-state index in [9.17, 15) is 19.8 Å². The molecule has 0 saturated heterocycles. The van der Waals surface area contributed by atoms with Gasteiger partial charge in [-0.3, -0.25) is 0 Å². The number of aliphatic carboxylic acids is 2. The smallest absolute Gasteiger partial charge is 0.545 e. The zero-order valence-corrected chi connectivity index (χ0v) is 14.6. The SMILES string of the molecule is O=C([O-])/C=C/c1ccccc1.O=C([O-])/C=C/c1ccccc1.[Ca+2]. The van der Waals surface area contributed by atoms with Crippen LogP contribution in [0.5, 0.6) is 0 Å². The predicted molar refractivity (Wildman–Crippen MR) is 86.7 cm³/mol. The molecule has 0 unspecified atom stereocenters. The molecule has 0 bridgehead atoms. The maximum Gasteiger partial charge on any atom is 2.00 e. The zero-order chi connectivity index (χ0) is 16.2. The minimum Gasteiger partial charge on any atom is -0.545 e. The Morgan fingerprint density at radius 1 is 0.652 bits per heavy atom. The third-order valence-electron chi connectivity index (χ3n) is 2.42. The standard InChI is InChI=1S/2C9H8O2.Ca/c2*10-9(11)7-6-8-4-2-1-3-5-8;/h2*1-7H,(H,10,11);/q;;+2/p-2/b2*7-6+;. The molecule has 0 aromatic heterocycles. The number of hydrogen-bond donors (Lipinski definition) is 0. The van der Waals surface area contributed by atoms with Crippen molar-refractivity contribution in [3.8, 4) is 0 Å². The van der Waals surface area contributed by atoms with Gasteiger partial charge in [-0.15, -0.1) is 0 Å². The van der Waals surface area contributed by atoms with Crippen LogP contribution in [0.2, 0.25) is 0 Å². The Morgan fingerprint density at radius 2 is 0.957 bits per heavy atom. The molecule has 0 aliphatic rings. The minimum atomic E-state index is -1.17. The fourth-order valence-electron chi connectivity index (χ4n) is 1.46. The van der Waals surface area contributed by atoms with E-state index in [1.54, 1.807) is 0 Å². The predicted octanol–water partition coefficient (Wildman–Crippen LogP) is 0.519. The molecular weight excluding hydrogens is 320 g/mol. The summed E-state index contributed by atoms with van der Waals surface area (Å²) in [5, 5.41) is 19.9. The first-order chi connectivity index (χ1) is 10.6. The van der Waals surface area contributed by atoms with Crippen molar-refractivity contribution in [3.05, 3.63) is 83.9 Å². The van der Waals surface area contributed by atoms with Crippen LogP contribution in [0.1, 0.15) is 11.1 Å². The van der Waals surface area contributed by atoms with E-state index in [1.807, 2.05) is 60.7 Å². The van der Waals surface area contributed by atoms with E-state index >= 15 is 0 Å². The summed E-state index contributed by atoms with van der Waals surface area (Å²) in [7, 11) is 0. The quantitative estimate of drug-likeness (QED) is 0.603. The molecule has 0 N–H and O–H groups in total. The van der Waals surface area contributed by atoms with E-state index in [4.69, 9.17) is 0 Å². The largest absolute Gasteiger partial charge is 2.00 e. The van der Waals surface area contributed by atoms with Crippen molar-refractivity contribution >= 4 is 61.8 Å². The number of rotatable bonds is 4. The van der Waals surface area contributed by atoms with Gasteiger partial charge in [-0.05, 0) is 23.3 Å². The Kier molecular flexibility index (Phi) is 11.6. The van der Waals surface area contributed by atoms with Crippen LogP contribution >= 0.6 is 0 Å². The maximum absolute atomic E-state index is 9.97. The summed E-state index contributed by atoms with van der Waals surface area (Å²) >= 11 is 0. The third kappa shape index (κ3) is 11.4. The number of carboxylic acid groups (broad SMARTS) is 2. The van der Waals surface area contributed by atoms with Crippen molar-refractivity contribution in [3.63, 3.8) is 0 Å². The Balaban J connectivity index is 0.000000403. The molecule has 2 aromatic carbocycles. The van der Waals surface area contributed by atoms with Crippen molar-refractivity contribution < 1.29 is 19.8 Å². The molecule has 2 aromatic rings. The summed E-state index contributed by atoms with van der Waals surface area (Å²) < 4.78 is 0. The molecule has 23 heavy (non-hydrogen) atoms. The van der Waals surface area contributed by atoms with Gasteiger partial charge >= 0.3 is 37.7 Å². The Morgan fingerprint density at radius 3 is 1.22 bits per heavy atom. The second-order valence-electron chi connectivity index (χ2n) is 4.13. The van der Waals surface area contributed by atoms with Crippen LogP contribution in [0.4, 0.5) is 0 Å². The van der Waals surface area contributed by atoms with Crippen molar-refractivity contribution in [1.82, 2.24) is 0 Å². The van der Waals surface area contributed by atoms with Gasteiger partial charge in [-0.25, -0.2) is 0 Å². The van der Waals surface area contributed by atoms with Crippen molar-refractivity contribution in [2.24, 2.45) is 0 Å². The third-order valence-corrected chi connectivity index (χ3v) is 2.42. The topological polar surface area (TPSA) is 80.3 Å². The van der Waals surface area contributed by atoms with Gasteiger partial charge in [0.1, 0.15) is 0 Å². The molecule has 0 atom stereocenters. The number of carbonyl (C=O) groups is 2. The van der Waals surface area contributed by atoms with Gasteiger partial charge in [0.25, 0.3) is 0 Å². The van der Waals surface area contributed by atoms with E-state index in [0.717, 1.165) is 23.3 Å². The average Bonchev–Trinajstić information content (AvgIpc) is 2.53. The molecule has 0 aliphatic carbocycles. The first-order valence-corrected chi connectivity index (χ1v) is 6.46. The van der Waals surface area contributed by atoms with Gasteiger partial charge in [-0.2, -0.15) is 0 Å². The van der Waals surface area contributed by atoms with Gasteiger partial charge in [0.05, 0.1) is 11.9 Å². The molecular formula is C18H14CaO4. The van der Waals surface area contributed by atoms with E-state index in [-0.39, 0.29) is 37.7 Å². The van der Waals surface area contributed by atoms with Crippen LogP contribution in [0.15, 0.2) is 72.8 Å². The van der Waals surface area contributed by atoms with Gasteiger partial charge in [0, 0.05) is 0 Å². The van der Waals surface area contributed by atoms with Crippen LogP contribution < -0.4 is 10.2 Å². The van der Waals surface area contributed by atoms with Gasteiger partial charge in [0.15, 0.2) is 0 Å². The van der Waals surface area contributed by atoms with E-state index in [1.165, 1.54) is 12.2 Å². The zero-order valence-electron chi connectivity index (χ0n) is 12.4. The summed E-state index contributed by atoms with van der Waals surface area (Å²) in [6.07, 6.45) is 5.01. The maximum atomic E-state index is 9.97. The molecule has 2 rings (SSSR count). The van der Waals surface area contributed by atoms with E-state index < -0.39 is 11.9 Å². The molecule has 0 amide bonds. The van der Waals surface area contributed by atoms with Crippen LogP contribution in [-0.4, -0.2) is 49.7 Å². The van der Waals surface area contributed by atoms with E-state index in [0.29, 0.717) is 0 Å². The Hall–Kier alpha value is -1.88. The van der Waals surface area contributed by atoms with Crippen LogP contribution in [0, 0.1) is 0 Å². The Labute approximate surface area is 164 Å². The Bertz CT molecular complexity index is 590. The van der Waals surface area contributed by atoms with Crippen LogP contribution in [0.25, 0.3) is 12.2 Å². The normalized spacial score (nSPS) is 9.74. The molecule has 0 heterocycles. The van der Waals surface area contributed by atoms with Crippen LogP contribution in [-0.2, 0) is 9.59 Å². The summed E-state index contributed by atoms with van der Waals surface area (Å²) in [6.45, 7) is 0. The summed E-state index contributed by atoms with van der Waals surface area (Å²) in [6, 6.07) is 18.4. The number of benzene rings is 2. The molecule has 0 aliphatic heterocycles. The fraction of sp³-hybridized carbons (Fsp3) is 0. The van der Waals surface area contributed by atoms with Gasteiger partial charge in [0.2, 0.25) is 0 Å². The van der Waals surface area contributed by atoms with Crippen molar-refractivity contribution in [1.29, 1.82) is 0 Å². The molecule has 0 radical (unpaired) electrons. The second-order valence-corrected chi connectivity index (χ2v) is 4.13. The average molecular weight is 334 g/mol. The molecule has 0 spiro atoms. The molecule has 5 heteroatoms. The number of carbonyl (C=O) groups excluding carboxylic acids is 2. The molecule has 112 valence electrons. The molecule has 4 nitrogen and oxygen atoms in total.